The number of rotatable bonds is 6. The standard InChI is InChI=1S/C15H19NO3S/c1-12(17)14-6-8-15(9-7-14)20(18,19)16-11-10-13-4-2-3-5-13/h4,6-9,16H,2-3,5,10-11H2,1H3. The first-order chi connectivity index (χ1) is 9.49. The van der Waals surface area contributed by atoms with Crippen molar-refractivity contribution in [3.05, 3.63) is 41.5 Å². The van der Waals surface area contributed by atoms with Crippen molar-refractivity contribution in [2.45, 2.75) is 37.5 Å². The van der Waals surface area contributed by atoms with Gasteiger partial charge in [0, 0.05) is 12.1 Å². The lowest BCUT2D eigenvalue weighted by Gasteiger charge is -2.07. The largest absolute Gasteiger partial charge is 0.295 e. The number of benzene rings is 1. The molecule has 1 N–H and O–H groups in total. The zero-order valence-corrected chi connectivity index (χ0v) is 12.4. The van der Waals surface area contributed by atoms with Crippen LogP contribution in [-0.2, 0) is 10.0 Å². The Hall–Kier alpha value is -1.46. The number of nitrogens with one attached hydrogen (secondary N) is 1. The number of carbonyl (C=O) groups is 1. The van der Waals surface area contributed by atoms with Crippen molar-refractivity contribution in [2.75, 3.05) is 6.54 Å². The summed E-state index contributed by atoms with van der Waals surface area (Å²) in [6.45, 7) is 1.87. The maximum atomic E-state index is 12.1. The predicted octanol–water partition coefficient (Wildman–Crippen LogP) is 2.67. The quantitative estimate of drug-likeness (QED) is 0.648. The second-order valence-corrected chi connectivity index (χ2v) is 6.75. The van der Waals surface area contributed by atoms with E-state index < -0.39 is 10.0 Å². The highest BCUT2D eigenvalue weighted by molar-refractivity contribution is 7.89. The first kappa shape index (κ1) is 14.9. The summed E-state index contributed by atoms with van der Waals surface area (Å²) in [5.74, 6) is -0.0740. The first-order valence-electron chi connectivity index (χ1n) is 6.77. The van der Waals surface area contributed by atoms with Crippen LogP contribution in [0.1, 0.15) is 43.0 Å². The van der Waals surface area contributed by atoms with E-state index in [-0.39, 0.29) is 10.7 Å². The van der Waals surface area contributed by atoms with Crippen LogP contribution in [0.15, 0.2) is 40.8 Å². The van der Waals surface area contributed by atoms with Gasteiger partial charge in [-0.05, 0) is 44.7 Å². The Labute approximate surface area is 119 Å². The summed E-state index contributed by atoms with van der Waals surface area (Å²) in [5, 5.41) is 0. The molecule has 4 nitrogen and oxygen atoms in total. The van der Waals surface area contributed by atoms with E-state index in [1.54, 1.807) is 0 Å². The molecule has 1 aromatic rings. The summed E-state index contributed by atoms with van der Waals surface area (Å²) >= 11 is 0. The maximum absolute atomic E-state index is 12.1. The maximum Gasteiger partial charge on any atom is 0.240 e. The van der Waals surface area contributed by atoms with E-state index in [9.17, 15) is 13.2 Å². The highest BCUT2D eigenvalue weighted by Gasteiger charge is 2.14. The van der Waals surface area contributed by atoms with Crippen molar-refractivity contribution in [3.8, 4) is 0 Å². The van der Waals surface area contributed by atoms with Crippen LogP contribution in [0.4, 0.5) is 0 Å². The van der Waals surface area contributed by atoms with Crippen LogP contribution in [0.5, 0.6) is 0 Å². The van der Waals surface area contributed by atoms with Crippen LogP contribution in [0.3, 0.4) is 0 Å². The molecule has 0 saturated carbocycles. The van der Waals surface area contributed by atoms with Gasteiger partial charge in [0.1, 0.15) is 0 Å². The van der Waals surface area contributed by atoms with E-state index in [2.05, 4.69) is 10.8 Å². The van der Waals surface area contributed by atoms with Crippen LogP contribution in [0, 0.1) is 0 Å². The van der Waals surface area contributed by atoms with E-state index in [4.69, 9.17) is 0 Å². The monoisotopic (exact) mass is 293 g/mol. The molecule has 0 heterocycles. The van der Waals surface area contributed by atoms with Crippen molar-refractivity contribution in [1.82, 2.24) is 4.72 Å². The Morgan fingerprint density at radius 2 is 1.95 bits per heavy atom. The molecule has 0 fully saturated rings. The number of hydrogen-bond acceptors (Lipinski definition) is 3. The summed E-state index contributed by atoms with van der Waals surface area (Å²) in [5.41, 5.74) is 1.85. The molecule has 0 aromatic heterocycles. The Bertz CT molecular complexity index is 615. The van der Waals surface area contributed by atoms with E-state index in [0.29, 0.717) is 12.1 Å². The Morgan fingerprint density at radius 1 is 1.25 bits per heavy atom. The van der Waals surface area contributed by atoms with E-state index in [0.717, 1.165) is 19.3 Å². The lowest BCUT2D eigenvalue weighted by Crippen LogP contribution is -2.25. The number of sulfonamides is 1. The zero-order chi connectivity index (χ0) is 14.6. The lowest BCUT2D eigenvalue weighted by atomic mass is 10.2. The Morgan fingerprint density at radius 3 is 2.50 bits per heavy atom. The molecule has 0 unspecified atom stereocenters. The topological polar surface area (TPSA) is 63.2 Å². The van der Waals surface area contributed by atoms with E-state index in [1.165, 1.54) is 43.2 Å². The van der Waals surface area contributed by atoms with Crippen molar-refractivity contribution in [3.63, 3.8) is 0 Å². The van der Waals surface area contributed by atoms with Gasteiger partial charge in [0.05, 0.1) is 4.90 Å². The normalized spacial score (nSPS) is 15.2. The summed E-state index contributed by atoms with van der Waals surface area (Å²) in [7, 11) is -3.48. The second kappa shape index (κ2) is 6.33. The number of hydrogen-bond donors (Lipinski definition) is 1. The van der Waals surface area contributed by atoms with Crippen LogP contribution in [-0.4, -0.2) is 20.7 Å². The van der Waals surface area contributed by atoms with Crippen molar-refractivity contribution in [1.29, 1.82) is 0 Å². The molecule has 5 heteroatoms. The minimum absolute atomic E-state index is 0.0740. The third kappa shape index (κ3) is 3.77. The molecule has 2 rings (SSSR count). The lowest BCUT2D eigenvalue weighted by molar-refractivity contribution is 0.101. The molecule has 108 valence electrons. The number of carbonyl (C=O) groups excluding carboxylic acids is 1. The van der Waals surface area contributed by atoms with Crippen LogP contribution in [0.25, 0.3) is 0 Å². The molecule has 0 atom stereocenters. The van der Waals surface area contributed by atoms with Gasteiger partial charge in [0.2, 0.25) is 10.0 Å². The minimum atomic E-state index is -3.48. The number of allylic oxidation sites excluding steroid dienone is 1. The average Bonchev–Trinajstić information content (AvgIpc) is 2.92. The highest BCUT2D eigenvalue weighted by atomic mass is 32.2. The van der Waals surface area contributed by atoms with E-state index in [1.807, 2.05) is 0 Å². The fraction of sp³-hybridized carbons (Fsp3) is 0.400. The van der Waals surface area contributed by atoms with Gasteiger partial charge in [0.15, 0.2) is 5.78 Å². The summed E-state index contributed by atoms with van der Waals surface area (Å²) in [6.07, 6.45) is 6.32. The van der Waals surface area contributed by atoms with Gasteiger partial charge in [-0.1, -0.05) is 23.8 Å². The number of Topliss-reactive ketones (excluding diaryl/α,β-unsaturated/α-hetero) is 1. The van der Waals surface area contributed by atoms with Crippen molar-refractivity contribution >= 4 is 15.8 Å². The molecule has 1 aliphatic carbocycles. The molecule has 20 heavy (non-hydrogen) atoms. The second-order valence-electron chi connectivity index (χ2n) is 4.98. The van der Waals surface area contributed by atoms with Gasteiger partial charge in [-0.3, -0.25) is 4.79 Å². The van der Waals surface area contributed by atoms with Crippen molar-refractivity contribution in [2.24, 2.45) is 0 Å². The minimum Gasteiger partial charge on any atom is -0.295 e. The molecule has 0 saturated heterocycles. The van der Waals surface area contributed by atoms with Gasteiger partial charge in [0.25, 0.3) is 0 Å². The van der Waals surface area contributed by atoms with Crippen LogP contribution >= 0.6 is 0 Å². The molecule has 0 aliphatic heterocycles. The summed E-state index contributed by atoms with van der Waals surface area (Å²) < 4.78 is 26.7. The highest BCUT2D eigenvalue weighted by Crippen LogP contribution is 2.20. The molecule has 0 spiro atoms. The fourth-order valence-corrected chi connectivity index (χ4v) is 3.29. The molecular formula is C15H19NO3S. The van der Waals surface area contributed by atoms with Gasteiger partial charge < -0.3 is 0 Å². The summed E-state index contributed by atoms with van der Waals surface area (Å²) in [6, 6.07) is 6.01. The molecule has 0 radical (unpaired) electrons. The molecule has 1 aliphatic rings. The van der Waals surface area contributed by atoms with Gasteiger partial charge in [-0.2, -0.15) is 0 Å². The molecule has 0 bridgehead atoms. The molecule has 0 amide bonds. The van der Waals surface area contributed by atoms with Crippen LogP contribution < -0.4 is 4.72 Å². The predicted molar refractivity (Wildman–Crippen MR) is 78.2 cm³/mol. The van der Waals surface area contributed by atoms with Crippen molar-refractivity contribution < 1.29 is 13.2 Å². The first-order valence-corrected chi connectivity index (χ1v) is 8.26. The van der Waals surface area contributed by atoms with Gasteiger partial charge in [-0.15, -0.1) is 0 Å². The van der Waals surface area contributed by atoms with Gasteiger partial charge >= 0.3 is 0 Å². The fourth-order valence-electron chi connectivity index (χ4n) is 2.26. The Kier molecular flexibility index (Phi) is 4.73. The SMILES string of the molecule is CC(=O)c1ccc(S(=O)(=O)NCCC2=CCCC2)cc1. The summed E-state index contributed by atoms with van der Waals surface area (Å²) in [4.78, 5) is 11.4. The molecule has 1 aromatic carbocycles. The van der Waals surface area contributed by atoms with Gasteiger partial charge in [-0.25, -0.2) is 13.1 Å². The molecular weight excluding hydrogens is 274 g/mol. The third-order valence-corrected chi connectivity index (χ3v) is 4.92. The Balaban J connectivity index is 1.96. The smallest absolute Gasteiger partial charge is 0.240 e. The van der Waals surface area contributed by atoms with E-state index >= 15 is 0 Å². The number of ketones is 1. The third-order valence-electron chi connectivity index (χ3n) is 3.44. The van der Waals surface area contributed by atoms with Crippen LogP contribution in [0.2, 0.25) is 0 Å². The zero-order valence-electron chi connectivity index (χ0n) is 11.6. The average molecular weight is 293 g/mol.